The summed E-state index contributed by atoms with van der Waals surface area (Å²) in [5, 5.41) is 0. The zero-order chi connectivity index (χ0) is 18.0. The van der Waals surface area contributed by atoms with Crippen LogP contribution >= 0.6 is 0 Å². The molecule has 0 saturated carbocycles. The van der Waals surface area contributed by atoms with Gasteiger partial charge in [0.15, 0.2) is 6.61 Å². The van der Waals surface area contributed by atoms with Gasteiger partial charge in [0, 0.05) is 25.2 Å². The van der Waals surface area contributed by atoms with E-state index in [9.17, 15) is 14.4 Å². The highest BCUT2D eigenvalue weighted by molar-refractivity contribution is 5.98. The highest BCUT2D eigenvalue weighted by atomic mass is 16.6. The molecule has 1 aromatic carbocycles. The molecule has 1 aromatic rings. The first-order valence-electron chi connectivity index (χ1n) is 8.05. The number of hydrogen-bond acceptors (Lipinski definition) is 6. The molecule has 3 rings (SSSR count). The average Bonchev–Trinajstić information content (AvgIpc) is 2.99. The predicted octanol–water partition coefficient (Wildman–Crippen LogP) is 1.29. The number of benzene rings is 1. The van der Waals surface area contributed by atoms with E-state index in [0.29, 0.717) is 43.0 Å². The number of methoxy groups -OCH3 is 2. The van der Waals surface area contributed by atoms with Gasteiger partial charge in [-0.15, -0.1) is 0 Å². The summed E-state index contributed by atoms with van der Waals surface area (Å²) in [5.41, 5.74) is 0.457. The molecule has 8 heteroatoms. The fourth-order valence-corrected chi connectivity index (χ4v) is 3.19. The lowest BCUT2D eigenvalue weighted by atomic mass is 10.0. The first-order valence-corrected chi connectivity index (χ1v) is 8.05. The lowest BCUT2D eigenvalue weighted by molar-refractivity contribution is -0.127. The minimum atomic E-state index is -0.591. The largest absolute Gasteiger partial charge is 0.497 e. The van der Waals surface area contributed by atoms with Gasteiger partial charge >= 0.3 is 6.09 Å². The number of nitrogens with zero attached hydrogens (tertiary/aromatic N) is 2. The smallest absolute Gasteiger partial charge is 0.417 e. The monoisotopic (exact) mass is 348 g/mol. The molecule has 8 nitrogen and oxygen atoms in total. The first-order chi connectivity index (χ1) is 12.0. The second-order valence-corrected chi connectivity index (χ2v) is 5.91. The minimum Gasteiger partial charge on any atom is -0.497 e. The highest BCUT2D eigenvalue weighted by Gasteiger charge is 2.39. The van der Waals surface area contributed by atoms with Crippen LogP contribution < -0.4 is 9.47 Å². The zero-order valence-electron chi connectivity index (χ0n) is 14.2. The van der Waals surface area contributed by atoms with Gasteiger partial charge < -0.3 is 19.1 Å². The first kappa shape index (κ1) is 17.1. The van der Waals surface area contributed by atoms with Crippen LogP contribution in [0.1, 0.15) is 23.2 Å². The van der Waals surface area contributed by atoms with Crippen LogP contribution in [0.4, 0.5) is 4.79 Å². The van der Waals surface area contributed by atoms with E-state index >= 15 is 0 Å². The highest BCUT2D eigenvalue weighted by Crippen LogP contribution is 2.28. The van der Waals surface area contributed by atoms with Crippen molar-refractivity contribution < 1.29 is 28.6 Å². The Hall–Kier alpha value is -2.77. The lowest BCUT2D eigenvalue weighted by Crippen LogP contribution is -2.48. The number of piperidine rings is 1. The minimum absolute atomic E-state index is 0.145. The molecule has 0 atom stereocenters. The van der Waals surface area contributed by atoms with E-state index in [4.69, 9.17) is 14.2 Å². The van der Waals surface area contributed by atoms with E-state index < -0.39 is 6.09 Å². The maximum absolute atomic E-state index is 12.8. The Morgan fingerprint density at radius 1 is 1.16 bits per heavy atom. The van der Waals surface area contributed by atoms with Crippen LogP contribution in [0.25, 0.3) is 0 Å². The third-order valence-corrected chi connectivity index (χ3v) is 4.54. The summed E-state index contributed by atoms with van der Waals surface area (Å²) >= 11 is 0. The molecular weight excluding hydrogens is 328 g/mol. The van der Waals surface area contributed by atoms with Crippen LogP contribution in [0.15, 0.2) is 18.2 Å². The standard InChI is InChI=1S/C17H20N2O6/c1-23-12-3-4-13(14(9-12)24-2)16(21)18-7-5-11(6-8-18)19-15(20)10-25-17(19)22/h3-4,9,11H,5-8,10H2,1-2H3. The fraction of sp³-hybridized carbons (Fsp3) is 0.471. The number of amides is 3. The van der Waals surface area contributed by atoms with Gasteiger partial charge in [0.1, 0.15) is 11.5 Å². The van der Waals surface area contributed by atoms with Crippen molar-refractivity contribution in [1.82, 2.24) is 9.80 Å². The normalized spacial score (nSPS) is 18.3. The van der Waals surface area contributed by atoms with Crippen LogP contribution in [-0.2, 0) is 9.53 Å². The van der Waals surface area contributed by atoms with E-state index in [2.05, 4.69) is 0 Å². The van der Waals surface area contributed by atoms with Gasteiger partial charge in [-0.05, 0) is 25.0 Å². The quantitative estimate of drug-likeness (QED) is 0.815. The van der Waals surface area contributed by atoms with E-state index in [0.717, 1.165) is 0 Å². The number of imide groups is 1. The van der Waals surface area contributed by atoms with Crippen molar-refractivity contribution in [3.63, 3.8) is 0 Å². The molecule has 0 N–H and O–H groups in total. The summed E-state index contributed by atoms with van der Waals surface area (Å²) < 4.78 is 15.2. The molecule has 0 bridgehead atoms. The zero-order valence-corrected chi connectivity index (χ0v) is 14.2. The van der Waals surface area contributed by atoms with Gasteiger partial charge in [0.25, 0.3) is 11.8 Å². The summed E-state index contributed by atoms with van der Waals surface area (Å²) in [6.45, 7) is 0.715. The van der Waals surface area contributed by atoms with Gasteiger partial charge in [0.2, 0.25) is 0 Å². The summed E-state index contributed by atoms with van der Waals surface area (Å²) in [4.78, 5) is 39.0. The van der Waals surface area contributed by atoms with E-state index in [1.807, 2.05) is 0 Å². The number of cyclic esters (lactones) is 1. The molecule has 2 aliphatic rings. The van der Waals surface area contributed by atoms with Crippen LogP contribution in [0.5, 0.6) is 11.5 Å². The second-order valence-electron chi connectivity index (χ2n) is 5.91. The lowest BCUT2D eigenvalue weighted by Gasteiger charge is -2.34. The summed E-state index contributed by atoms with van der Waals surface area (Å²) in [7, 11) is 3.05. The fourth-order valence-electron chi connectivity index (χ4n) is 3.19. The van der Waals surface area contributed by atoms with E-state index in [1.165, 1.54) is 12.0 Å². The molecule has 3 amide bonds. The van der Waals surface area contributed by atoms with Gasteiger partial charge in [-0.25, -0.2) is 9.69 Å². The Morgan fingerprint density at radius 2 is 1.88 bits per heavy atom. The molecule has 25 heavy (non-hydrogen) atoms. The van der Waals surface area contributed by atoms with Crippen LogP contribution in [0, 0.1) is 0 Å². The van der Waals surface area contributed by atoms with E-state index in [-0.39, 0.29) is 24.5 Å². The third kappa shape index (κ3) is 3.24. The number of carbonyl (C=O) groups excluding carboxylic acids is 3. The summed E-state index contributed by atoms with van der Waals surface area (Å²) in [5.74, 6) is 0.600. The third-order valence-electron chi connectivity index (χ3n) is 4.54. The van der Waals surface area contributed by atoms with Gasteiger partial charge in [0.05, 0.1) is 19.8 Å². The SMILES string of the molecule is COc1ccc(C(=O)N2CCC(N3C(=O)COC3=O)CC2)c(OC)c1. The second kappa shape index (κ2) is 7.00. The molecule has 134 valence electrons. The molecular formula is C17H20N2O6. The Kier molecular flexibility index (Phi) is 4.78. The summed E-state index contributed by atoms with van der Waals surface area (Å²) in [6, 6.07) is 4.83. The van der Waals surface area contributed by atoms with Crippen LogP contribution in [-0.4, -0.2) is 67.7 Å². The Morgan fingerprint density at radius 3 is 2.44 bits per heavy atom. The van der Waals surface area contributed by atoms with Crippen molar-refractivity contribution in [1.29, 1.82) is 0 Å². The number of hydrogen-bond donors (Lipinski definition) is 0. The summed E-state index contributed by atoms with van der Waals surface area (Å²) in [6.07, 6.45) is 0.474. The maximum atomic E-state index is 12.8. The van der Waals surface area contributed by atoms with E-state index in [1.54, 1.807) is 30.2 Å². The molecule has 2 saturated heterocycles. The van der Waals surface area contributed by atoms with Crippen molar-refractivity contribution in [2.75, 3.05) is 33.9 Å². The maximum Gasteiger partial charge on any atom is 0.417 e. The predicted molar refractivity (Wildman–Crippen MR) is 86.7 cm³/mol. The number of likely N-dealkylation sites (tertiary alicyclic amines) is 1. The van der Waals surface area contributed by atoms with Gasteiger partial charge in [-0.1, -0.05) is 0 Å². The molecule has 0 aromatic heterocycles. The Labute approximate surface area is 145 Å². The average molecular weight is 348 g/mol. The van der Waals surface area contributed by atoms with Gasteiger partial charge in [-0.3, -0.25) is 9.59 Å². The molecule has 0 aliphatic carbocycles. The molecule has 0 spiro atoms. The van der Waals surface area contributed by atoms with Crippen LogP contribution in [0.2, 0.25) is 0 Å². The number of rotatable bonds is 4. The van der Waals surface area contributed by atoms with Gasteiger partial charge in [-0.2, -0.15) is 0 Å². The topological polar surface area (TPSA) is 85.4 Å². The number of carbonyl (C=O) groups is 3. The van der Waals surface area contributed by atoms with Crippen molar-refractivity contribution in [2.24, 2.45) is 0 Å². The van der Waals surface area contributed by atoms with Crippen molar-refractivity contribution in [3.8, 4) is 11.5 Å². The Balaban J connectivity index is 1.68. The number of ether oxygens (including phenoxy) is 3. The van der Waals surface area contributed by atoms with Crippen molar-refractivity contribution >= 4 is 17.9 Å². The molecule has 2 heterocycles. The molecule has 2 fully saturated rings. The molecule has 0 radical (unpaired) electrons. The van der Waals surface area contributed by atoms with Crippen molar-refractivity contribution in [2.45, 2.75) is 18.9 Å². The molecule has 2 aliphatic heterocycles. The Bertz CT molecular complexity index is 680. The van der Waals surface area contributed by atoms with Crippen LogP contribution in [0.3, 0.4) is 0 Å². The van der Waals surface area contributed by atoms with Crippen molar-refractivity contribution in [3.05, 3.63) is 23.8 Å². The molecule has 0 unspecified atom stereocenters.